The van der Waals surface area contributed by atoms with Crippen molar-refractivity contribution >= 4 is 13.8 Å². The van der Waals surface area contributed by atoms with Gasteiger partial charge in [-0.3, -0.25) is 9.36 Å². The van der Waals surface area contributed by atoms with Crippen LogP contribution >= 0.6 is 7.82 Å². The minimum atomic E-state index is -4.53. The number of ether oxygens (including phenoxy) is 2. The van der Waals surface area contributed by atoms with Gasteiger partial charge < -0.3 is 27.9 Å². The van der Waals surface area contributed by atoms with E-state index in [4.69, 9.17) is 18.5 Å². The number of phosphoric ester groups is 1. The molecule has 0 aliphatic rings. The summed E-state index contributed by atoms with van der Waals surface area (Å²) in [5.41, 5.74) is 0. The number of carbonyl (C=O) groups excluding carboxylic acids is 1. The number of likely N-dealkylation sites (N-methyl/N-ethyl adjacent to an activating group) is 1. The minimum absolute atomic E-state index is 0.0234. The molecule has 0 aromatic heterocycles. The van der Waals surface area contributed by atoms with Crippen molar-refractivity contribution in [2.75, 3.05) is 54.1 Å². The summed E-state index contributed by atoms with van der Waals surface area (Å²) in [4.78, 5) is 25.1. The summed E-state index contributed by atoms with van der Waals surface area (Å²) in [5, 5.41) is 0. The average molecular weight is 868 g/mol. The van der Waals surface area contributed by atoms with Crippen LogP contribution in [0.1, 0.15) is 226 Å². The Labute approximate surface area is 372 Å². The summed E-state index contributed by atoms with van der Waals surface area (Å²) in [5.74, 6) is -0.348. The van der Waals surface area contributed by atoms with Crippen molar-refractivity contribution in [3.05, 3.63) is 36.5 Å². The molecule has 2 unspecified atom stereocenters. The molecule has 0 aliphatic carbocycles. The summed E-state index contributed by atoms with van der Waals surface area (Å²) in [6, 6.07) is 0. The lowest BCUT2D eigenvalue weighted by molar-refractivity contribution is -0.870. The summed E-state index contributed by atoms with van der Waals surface area (Å²) < 4.78 is 34.7. The van der Waals surface area contributed by atoms with E-state index in [9.17, 15) is 14.3 Å². The molecule has 60 heavy (non-hydrogen) atoms. The van der Waals surface area contributed by atoms with Gasteiger partial charge in [0.1, 0.15) is 19.3 Å². The Hall–Kier alpha value is -1.28. The fraction of sp³-hybridized carbons (Fsp3) is 0.863. The van der Waals surface area contributed by atoms with Crippen LogP contribution in [0, 0.1) is 0 Å². The van der Waals surface area contributed by atoms with Crippen molar-refractivity contribution in [3.8, 4) is 0 Å². The second-order valence-electron chi connectivity index (χ2n) is 18.2. The Balaban J connectivity index is 4.09. The van der Waals surface area contributed by atoms with Gasteiger partial charge in [-0.05, 0) is 44.9 Å². The minimum Gasteiger partial charge on any atom is -0.756 e. The van der Waals surface area contributed by atoms with Crippen LogP contribution in [0.15, 0.2) is 36.5 Å². The van der Waals surface area contributed by atoms with E-state index in [1.807, 2.05) is 21.1 Å². The molecule has 0 saturated carbocycles. The van der Waals surface area contributed by atoms with E-state index in [0.717, 1.165) is 70.6 Å². The number of hydrogen-bond acceptors (Lipinski definition) is 7. The molecular formula is C51H98NO7P. The molecule has 2 atom stereocenters. The number of quaternary nitrogens is 1. The number of unbranched alkanes of at least 4 members (excludes halogenated alkanes) is 27. The maximum absolute atomic E-state index is 12.7. The lowest BCUT2D eigenvalue weighted by Crippen LogP contribution is -2.37. The fourth-order valence-corrected chi connectivity index (χ4v) is 7.82. The van der Waals surface area contributed by atoms with E-state index in [-0.39, 0.29) is 25.8 Å². The first-order valence-electron chi connectivity index (χ1n) is 25.2. The third-order valence-electron chi connectivity index (χ3n) is 11.0. The lowest BCUT2D eigenvalue weighted by Gasteiger charge is -2.28. The number of allylic oxidation sites excluding steroid dienone is 6. The Morgan fingerprint density at radius 3 is 1.45 bits per heavy atom. The van der Waals surface area contributed by atoms with Gasteiger partial charge >= 0.3 is 5.97 Å². The van der Waals surface area contributed by atoms with Crippen molar-refractivity contribution in [3.63, 3.8) is 0 Å². The summed E-state index contributed by atoms with van der Waals surface area (Å²) >= 11 is 0. The fourth-order valence-electron chi connectivity index (χ4n) is 7.09. The normalized spacial score (nSPS) is 13.9. The first-order valence-corrected chi connectivity index (χ1v) is 26.7. The standard InChI is InChI=1S/C51H98NO7P/c1-6-8-10-12-14-16-18-20-22-23-24-25-26-27-28-29-31-33-35-37-39-41-43-46-56-48-50(49-58-60(54,55)57-47-45-52(3,4)5)59-51(53)44-42-40-38-36-34-32-30-21-19-17-15-13-11-9-7-2/h9,11,15,17,21,30,50H,6-8,10,12-14,16,18-20,22-29,31-49H2,1-5H3/b11-9-,17-15-,30-21-. The number of carbonyl (C=O) groups is 1. The average Bonchev–Trinajstić information content (AvgIpc) is 3.20. The topological polar surface area (TPSA) is 94.1 Å². The maximum atomic E-state index is 12.7. The van der Waals surface area contributed by atoms with E-state index < -0.39 is 13.9 Å². The molecule has 8 nitrogen and oxygen atoms in total. The van der Waals surface area contributed by atoms with E-state index >= 15 is 0 Å². The van der Waals surface area contributed by atoms with Crippen LogP contribution in [0.4, 0.5) is 0 Å². The molecule has 9 heteroatoms. The van der Waals surface area contributed by atoms with Crippen LogP contribution in [0.25, 0.3) is 0 Å². The van der Waals surface area contributed by atoms with Gasteiger partial charge in [-0.1, -0.05) is 211 Å². The maximum Gasteiger partial charge on any atom is 0.306 e. The molecule has 0 aliphatic heterocycles. The van der Waals surface area contributed by atoms with Crippen LogP contribution in [0.2, 0.25) is 0 Å². The Morgan fingerprint density at radius 2 is 0.967 bits per heavy atom. The Kier molecular flexibility index (Phi) is 43.4. The molecule has 0 bridgehead atoms. The molecule has 0 spiro atoms. The highest BCUT2D eigenvalue weighted by Gasteiger charge is 2.20. The zero-order valence-electron chi connectivity index (χ0n) is 40.2. The predicted molar refractivity (Wildman–Crippen MR) is 254 cm³/mol. The molecule has 0 fully saturated rings. The van der Waals surface area contributed by atoms with Gasteiger partial charge in [-0.25, -0.2) is 0 Å². The molecule has 0 aromatic carbocycles. The molecule has 0 radical (unpaired) electrons. The van der Waals surface area contributed by atoms with Crippen LogP contribution in [0.3, 0.4) is 0 Å². The van der Waals surface area contributed by atoms with Crippen LogP contribution < -0.4 is 4.89 Å². The van der Waals surface area contributed by atoms with E-state index in [1.54, 1.807) is 0 Å². The van der Waals surface area contributed by atoms with Gasteiger partial charge in [-0.2, -0.15) is 0 Å². The highest BCUT2D eigenvalue weighted by molar-refractivity contribution is 7.45. The number of nitrogens with zero attached hydrogens (tertiary/aromatic N) is 1. The van der Waals surface area contributed by atoms with Gasteiger partial charge in [0.15, 0.2) is 0 Å². The molecule has 0 rings (SSSR count). The molecule has 354 valence electrons. The first kappa shape index (κ1) is 58.7. The SMILES string of the molecule is CC/C=C\C/C=C\C/C=C\CCCCCCCC(=O)OC(COCCCCCCCCCCCCCCCCCCCCCCCCC)COP(=O)([O-])OCC[N+](C)(C)C. The summed E-state index contributed by atoms with van der Waals surface area (Å²) in [6.07, 6.45) is 53.2. The number of phosphoric acid groups is 1. The second-order valence-corrected chi connectivity index (χ2v) is 19.6. The molecule has 0 amide bonds. The quantitative estimate of drug-likeness (QED) is 0.0198. The van der Waals surface area contributed by atoms with Crippen molar-refractivity contribution < 1.29 is 37.3 Å². The van der Waals surface area contributed by atoms with E-state index in [1.165, 1.54) is 135 Å². The molecule has 0 saturated heterocycles. The van der Waals surface area contributed by atoms with Gasteiger partial charge in [0.05, 0.1) is 34.4 Å². The van der Waals surface area contributed by atoms with Crippen LogP contribution in [0.5, 0.6) is 0 Å². The smallest absolute Gasteiger partial charge is 0.306 e. The van der Waals surface area contributed by atoms with Crippen molar-refractivity contribution in [1.29, 1.82) is 0 Å². The Morgan fingerprint density at radius 1 is 0.533 bits per heavy atom. The lowest BCUT2D eigenvalue weighted by atomic mass is 10.0. The third kappa shape index (κ3) is 47.8. The third-order valence-corrected chi connectivity index (χ3v) is 11.9. The van der Waals surface area contributed by atoms with Crippen molar-refractivity contribution in [1.82, 2.24) is 0 Å². The van der Waals surface area contributed by atoms with Crippen LogP contribution in [-0.4, -0.2) is 70.7 Å². The van der Waals surface area contributed by atoms with Crippen molar-refractivity contribution in [2.24, 2.45) is 0 Å². The summed E-state index contributed by atoms with van der Waals surface area (Å²) in [6.45, 7) is 5.31. The monoisotopic (exact) mass is 868 g/mol. The van der Waals surface area contributed by atoms with Gasteiger partial charge in [-0.15, -0.1) is 0 Å². The zero-order chi connectivity index (χ0) is 44.1. The second kappa shape index (κ2) is 44.3. The molecule has 0 heterocycles. The largest absolute Gasteiger partial charge is 0.756 e. The summed E-state index contributed by atoms with van der Waals surface area (Å²) in [7, 11) is 1.35. The van der Waals surface area contributed by atoms with Crippen LogP contribution in [-0.2, 0) is 27.9 Å². The number of esters is 1. The van der Waals surface area contributed by atoms with Gasteiger partial charge in [0.25, 0.3) is 7.82 Å². The van der Waals surface area contributed by atoms with Crippen molar-refractivity contribution in [2.45, 2.75) is 232 Å². The predicted octanol–water partition coefficient (Wildman–Crippen LogP) is 14.7. The molecule has 0 aromatic rings. The molecule has 0 N–H and O–H groups in total. The number of rotatable bonds is 47. The van der Waals surface area contributed by atoms with E-state index in [0.29, 0.717) is 24.1 Å². The Bertz CT molecular complexity index is 1060. The zero-order valence-corrected chi connectivity index (χ0v) is 41.1. The van der Waals surface area contributed by atoms with E-state index in [2.05, 4.69) is 50.3 Å². The first-order chi connectivity index (χ1) is 29.1. The highest BCUT2D eigenvalue weighted by Crippen LogP contribution is 2.38. The van der Waals surface area contributed by atoms with Gasteiger partial charge in [0, 0.05) is 13.0 Å². The number of hydrogen-bond donors (Lipinski definition) is 0. The van der Waals surface area contributed by atoms with Gasteiger partial charge in [0.2, 0.25) is 0 Å². The highest BCUT2D eigenvalue weighted by atomic mass is 31.2. The molecular weight excluding hydrogens is 770 g/mol.